The maximum Gasteiger partial charge on any atom is 0.270 e. The zero-order chi connectivity index (χ0) is 18.1. The van der Waals surface area contributed by atoms with E-state index in [4.69, 9.17) is 12.2 Å². The largest absolute Gasteiger partial charge is 0.361 e. The molecule has 0 radical (unpaired) electrons. The fourth-order valence-corrected chi connectivity index (χ4v) is 2.28. The van der Waals surface area contributed by atoms with Gasteiger partial charge in [0, 0.05) is 24.2 Å². The Morgan fingerprint density at radius 2 is 1.84 bits per heavy atom. The number of carbonyl (C=O) groups is 1. The number of nitrogens with zero attached hydrogens (tertiary/aromatic N) is 1. The number of non-ortho nitro benzene ring substituents is 1. The van der Waals surface area contributed by atoms with Crippen molar-refractivity contribution in [2.45, 2.75) is 12.8 Å². The molecule has 3 N–H and O–H groups in total. The topological polar surface area (TPSA) is 96.3 Å². The molecule has 2 aromatic carbocycles. The van der Waals surface area contributed by atoms with Gasteiger partial charge in [-0.2, -0.15) is 0 Å². The molecule has 0 saturated heterocycles. The van der Waals surface area contributed by atoms with Gasteiger partial charge in [0.05, 0.1) is 4.92 Å². The molecular formula is C17H18N4O3S. The first-order chi connectivity index (χ1) is 12.1. The van der Waals surface area contributed by atoms with Crippen LogP contribution in [0.1, 0.15) is 22.3 Å². The molecule has 0 heterocycles. The van der Waals surface area contributed by atoms with Gasteiger partial charge in [-0.3, -0.25) is 25.8 Å². The van der Waals surface area contributed by atoms with E-state index in [0.29, 0.717) is 6.54 Å². The molecule has 2 aromatic rings. The van der Waals surface area contributed by atoms with Crippen LogP contribution in [0.5, 0.6) is 0 Å². The van der Waals surface area contributed by atoms with E-state index in [2.05, 4.69) is 28.3 Å². The quantitative estimate of drug-likeness (QED) is 0.317. The van der Waals surface area contributed by atoms with Crippen LogP contribution in [0.4, 0.5) is 5.69 Å². The standard InChI is InChI=1S/C17H18N4O3S/c22-16(14-9-4-10-15(12-14)21(23)24)19-20-17(25)18-11-5-8-13-6-2-1-3-7-13/h1-4,6-7,9-10,12H,5,8,11H2,(H,19,22)(H2,18,20,25). The Hall–Kier alpha value is -3.00. The molecule has 0 fully saturated rings. The number of nitrogens with one attached hydrogen (secondary N) is 3. The number of aryl methyl sites for hydroxylation is 1. The van der Waals surface area contributed by atoms with Gasteiger partial charge in [-0.15, -0.1) is 0 Å². The van der Waals surface area contributed by atoms with Gasteiger partial charge >= 0.3 is 0 Å². The number of carbonyl (C=O) groups excluding carboxylic acids is 1. The van der Waals surface area contributed by atoms with E-state index in [1.165, 1.54) is 29.8 Å². The summed E-state index contributed by atoms with van der Waals surface area (Å²) in [6.45, 7) is 0.660. The van der Waals surface area contributed by atoms with Gasteiger partial charge < -0.3 is 5.32 Å². The molecule has 0 aliphatic rings. The summed E-state index contributed by atoms with van der Waals surface area (Å²) in [5.74, 6) is -0.503. The Kier molecular flexibility index (Phi) is 6.85. The van der Waals surface area contributed by atoms with Gasteiger partial charge in [0.2, 0.25) is 0 Å². The van der Waals surface area contributed by atoms with Crippen LogP contribution in [-0.4, -0.2) is 22.5 Å². The number of nitro benzene ring substituents is 1. The summed E-state index contributed by atoms with van der Waals surface area (Å²) in [5.41, 5.74) is 6.27. The second-order valence-corrected chi connectivity index (χ2v) is 5.64. The number of hydrogen-bond donors (Lipinski definition) is 3. The maximum atomic E-state index is 12.0. The highest BCUT2D eigenvalue weighted by Gasteiger charge is 2.11. The van der Waals surface area contributed by atoms with E-state index < -0.39 is 10.8 Å². The van der Waals surface area contributed by atoms with Crippen molar-refractivity contribution in [1.82, 2.24) is 16.2 Å². The second kappa shape index (κ2) is 9.33. The van der Waals surface area contributed by atoms with Crippen molar-refractivity contribution < 1.29 is 9.72 Å². The average molecular weight is 358 g/mol. The van der Waals surface area contributed by atoms with Crippen molar-refractivity contribution in [2.24, 2.45) is 0 Å². The van der Waals surface area contributed by atoms with E-state index in [1.807, 2.05) is 18.2 Å². The van der Waals surface area contributed by atoms with Crippen molar-refractivity contribution >= 4 is 28.9 Å². The molecule has 1 amide bonds. The lowest BCUT2D eigenvalue weighted by Gasteiger charge is -2.11. The first-order valence-corrected chi connectivity index (χ1v) is 8.09. The van der Waals surface area contributed by atoms with Crippen LogP contribution in [0.3, 0.4) is 0 Å². The van der Waals surface area contributed by atoms with Crippen LogP contribution in [0.2, 0.25) is 0 Å². The Morgan fingerprint density at radius 3 is 2.56 bits per heavy atom. The Labute approximate surface area is 150 Å². The lowest BCUT2D eigenvalue weighted by molar-refractivity contribution is -0.384. The van der Waals surface area contributed by atoms with Crippen molar-refractivity contribution in [1.29, 1.82) is 0 Å². The maximum absolute atomic E-state index is 12.0. The van der Waals surface area contributed by atoms with E-state index in [-0.39, 0.29) is 16.4 Å². The minimum absolute atomic E-state index is 0.144. The summed E-state index contributed by atoms with van der Waals surface area (Å²) in [6, 6.07) is 15.6. The highest BCUT2D eigenvalue weighted by Crippen LogP contribution is 2.12. The van der Waals surface area contributed by atoms with Crippen LogP contribution in [0, 0.1) is 10.1 Å². The van der Waals surface area contributed by atoms with E-state index in [1.54, 1.807) is 0 Å². The molecule has 0 aliphatic heterocycles. The number of hydrazine groups is 1. The number of nitro groups is 1. The SMILES string of the molecule is O=C(NNC(=S)NCCCc1ccccc1)c1cccc([N+](=O)[O-])c1. The van der Waals surface area contributed by atoms with Crippen LogP contribution in [0.15, 0.2) is 54.6 Å². The average Bonchev–Trinajstić information content (AvgIpc) is 2.64. The monoisotopic (exact) mass is 358 g/mol. The summed E-state index contributed by atoms with van der Waals surface area (Å²) in [5, 5.41) is 14.0. The number of amides is 1. The lowest BCUT2D eigenvalue weighted by Crippen LogP contribution is -2.47. The minimum atomic E-state index is -0.552. The predicted molar refractivity (Wildman–Crippen MR) is 99.1 cm³/mol. The summed E-state index contributed by atoms with van der Waals surface area (Å²) in [6.07, 6.45) is 1.82. The summed E-state index contributed by atoms with van der Waals surface area (Å²) >= 11 is 5.07. The minimum Gasteiger partial charge on any atom is -0.361 e. The molecule has 7 nitrogen and oxygen atoms in total. The van der Waals surface area contributed by atoms with Gasteiger partial charge in [0.15, 0.2) is 5.11 Å². The summed E-state index contributed by atoms with van der Waals surface area (Å²) in [4.78, 5) is 22.1. The van der Waals surface area contributed by atoms with Gasteiger partial charge in [-0.05, 0) is 36.7 Å². The fraction of sp³-hybridized carbons (Fsp3) is 0.176. The molecule has 2 rings (SSSR count). The molecule has 0 aliphatic carbocycles. The summed E-state index contributed by atoms with van der Waals surface area (Å²) < 4.78 is 0. The second-order valence-electron chi connectivity index (χ2n) is 5.23. The first kappa shape index (κ1) is 18.3. The Morgan fingerprint density at radius 1 is 1.08 bits per heavy atom. The fourth-order valence-electron chi connectivity index (χ4n) is 2.13. The van der Waals surface area contributed by atoms with Gasteiger partial charge in [0.1, 0.15) is 0 Å². The third kappa shape index (κ3) is 6.19. The Bertz CT molecular complexity index is 753. The number of rotatable bonds is 6. The number of thiocarbonyl (C=S) groups is 1. The Balaban J connectivity index is 1.70. The molecule has 0 saturated carbocycles. The highest BCUT2D eigenvalue weighted by molar-refractivity contribution is 7.80. The predicted octanol–water partition coefficient (Wildman–Crippen LogP) is 2.34. The zero-order valence-electron chi connectivity index (χ0n) is 13.4. The lowest BCUT2D eigenvalue weighted by atomic mass is 10.1. The van der Waals surface area contributed by atoms with Gasteiger partial charge in [0.25, 0.3) is 11.6 Å². The molecule has 130 valence electrons. The van der Waals surface area contributed by atoms with Crippen LogP contribution in [0.25, 0.3) is 0 Å². The smallest absolute Gasteiger partial charge is 0.270 e. The van der Waals surface area contributed by atoms with Crippen LogP contribution in [-0.2, 0) is 6.42 Å². The van der Waals surface area contributed by atoms with Crippen molar-refractivity contribution in [3.63, 3.8) is 0 Å². The summed E-state index contributed by atoms with van der Waals surface area (Å²) in [7, 11) is 0. The van der Waals surface area contributed by atoms with Crippen LogP contribution < -0.4 is 16.2 Å². The molecule has 0 bridgehead atoms. The molecule has 25 heavy (non-hydrogen) atoms. The molecule has 0 spiro atoms. The number of benzene rings is 2. The van der Waals surface area contributed by atoms with Crippen molar-refractivity contribution in [2.75, 3.05) is 6.54 Å². The molecule has 0 unspecified atom stereocenters. The normalized spacial score (nSPS) is 9.92. The van der Waals surface area contributed by atoms with E-state index in [0.717, 1.165) is 12.8 Å². The molecule has 8 heteroatoms. The molecule has 0 aromatic heterocycles. The van der Waals surface area contributed by atoms with Gasteiger partial charge in [-0.25, -0.2) is 0 Å². The molecule has 0 atom stereocenters. The first-order valence-electron chi connectivity index (χ1n) is 7.69. The van der Waals surface area contributed by atoms with Crippen molar-refractivity contribution in [3.05, 3.63) is 75.8 Å². The third-order valence-electron chi connectivity index (χ3n) is 3.38. The molecular weight excluding hydrogens is 340 g/mol. The highest BCUT2D eigenvalue weighted by atomic mass is 32.1. The third-order valence-corrected chi connectivity index (χ3v) is 3.63. The van der Waals surface area contributed by atoms with E-state index in [9.17, 15) is 14.9 Å². The van der Waals surface area contributed by atoms with E-state index >= 15 is 0 Å². The van der Waals surface area contributed by atoms with Gasteiger partial charge in [-0.1, -0.05) is 36.4 Å². The van der Waals surface area contributed by atoms with Crippen LogP contribution >= 0.6 is 12.2 Å². The zero-order valence-corrected chi connectivity index (χ0v) is 14.2. The van der Waals surface area contributed by atoms with Crippen molar-refractivity contribution in [3.8, 4) is 0 Å². The number of hydrogen-bond acceptors (Lipinski definition) is 4.